The molecule has 0 saturated heterocycles. The van der Waals surface area contributed by atoms with Crippen molar-refractivity contribution < 1.29 is 8.78 Å². The van der Waals surface area contributed by atoms with E-state index < -0.39 is 0 Å². The van der Waals surface area contributed by atoms with Crippen LogP contribution >= 0.6 is 11.6 Å². The first-order chi connectivity index (χ1) is 9.02. The zero-order valence-corrected chi connectivity index (χ0v) is 11.4. The lowest BCUT2D eigenvalue weighted by molar-refractivity contribution is 0.612. The molecule has 100 valence electrons. The van der Waals surface area contributed by atoms with Gasteiger partial charge >= 0.3 is 0 Å². The minimum atomic E-state index is -0.376. The van der Waals surface area contributed by atoms with Crippen LogP contribution in [0.1, 0.15) is 22.7 Å². The van der Waals surface area contributed by atoms with Crippen LogP contribution in [0.2, 0.25) is 5.02 Å². The maximum atomic E-state index is 13.3. The fourth-order valence-corrected chi connectivity index (χ4v) is 2.36. The second kappa shape index (κ2) is 5.68. The molecular weight excluding hydrogens is 268 g/mol. The summed E-state index contributed by atoms with van der Waals surface area (Å²) in [6, 6.07) is 8.95. The third-order valence-electron chi connectivity index (χ3n) is 3.08. The minimum absolute atomic E-state index is 0.201. The molecule has 0 fully saturated rings. The normalized spacial score (nSPS) is 12.5. The maximum absolute atomic E-state index is 13.3. The Balaban J connectivity index is 2.46. The highest BCUT2D eigenvalue weighted by Gasteiger charge is 2.16. The average Bonchev–Trinajstić information content (AvgIpc) is 2.37. The smallest absolute Gasteiger partial charge is 0.126 e. The molecule has 1 N–H and O–H groups in total. The SMILES string of the molecule is CNC(c1ccc(F)c(C)c1)c1ccc(F)cc1Cl. The largest absolute Gasteiger partial charge is 0.309 e. The van der Waals surface area contributed by atoms with Crippen LogP contribution in [0, 0.1) is 18.6 Å². The van der Waals surface area contributed by atoms with Crippen molar-refractivity contribution in [1.29, 1.82) is 0 Å². The molecule has 0 radical (unpaired) electrons. The molecule has 19 heavy (non-hydrogen) atoms. The summed E-state index contributed by atoms with van der Waals surface area (Å²) in [5.74, 6) is -0.623. The highest BCUT2D eigenvalue weighted by atomic mass is 35.5. The molecule has 1 atom stereocenters. The molecule has 1 nitrogen and oxygen atoms in total. The van der Waals surface area contributed by atoms with E-state index in [4.69, 9.17) is 11.6 Å². The lowest BCUT2D eigenvalue weighted by atomic mass is 9.97. The molecule has 0 aliphatic carbocycles. The van der Waals surface area contributed by atoms with E-state index in [2.05, 4.69) is 5.32 Å². The van der Waals surface area contributed by atoms with E-state index in [1.54, 1.807) is 32.2 Å². The van der Waals surface area contributed by atoms with Crippen molar-refractivity contribution in [2.75, 3.05) is 7.05 Å². The monoisotopic (exact) mass is 281 g/mol. The Morgan fingerprint density at radius 1 is 1.11 bits per heavy atom. The van der Waals surface area contributed by atoms with Crippen molar-refractivity contribution in [2.45, 2.75) is 13.0 Å². The van der Waals surface area contributed by atoms with Crippen LogP contribution in [0.5, 0.6) is 0 Å². The first kappa shape index (κ1) is 14.0. The number of aryl methyl sites for hydroxylation is 1. The Morgan fingerprint density at radius 2 is 1.84 bits per heavy atom. The molecule has 2 rings (SSSR count). The van der Waals surface area contributed by atoms with Gasteiger partial charge in [0.05, 0.1) is 6.04 Å². The lowest BCUT2D eigenvalue weighted by Gasteiger charge is -2.19. The zero-order valence-electron chi connectivity index (χ0n) is 10.7. The molecule has 2 aromatic rings. The van der Waals surface area contributed by atoms with Gasteiger partial charge in [0, 0.05) is 5.02 Å². The van der Waals surface area contributed by atoms with Gasteiger partial charge in [-0.3, -0.25) is 0 Å². The van der Waals surface area contributed by atoms with Crippen molar-refractivity contribution in [2.24, 2.45) is 0 Å². The van der Waals surface area contributed by atoms with Crippen LogP contribution in [-0.2, 0) is 0 Å². The Morgan fingerprint density at radius 3 is 2.42 bits per heavy atom. The molecule has 0 spiro atoms. The van der Waals surface area contributed by atoms with Gasteiger partial charge in [-0.05, 0) is 48.9 Å². The molecule has 1 unspecified atom stereocenters. The van der Waals surface area contributed by atoms with E-state index in [1.165, 1.54) is 18.2 Å². The highest BCUT2D eigenvalue weighted by Crippen LogP contribution is 2.29. The van der Waals surface area contributed by atoms with Crippen molar-refractivity contribution in [1.82, 2.24) is 5.32 Å². The predicted molar refractivity (Wildman–Crippen MR) is 73.4 cm³/mol. The molecule has 0 aliphatic rings. The third-order valence-corrected chi connectivity index (χ3v) is 3.40. The van der Waals surface area contributed by atoms with Gasteiger partial charge in [0.1, 0.15) is 11.6 Å². The van der Waals surface area contributed by atoms with E-state index in [-0.39, 0.29) is 17.7 Å². The molecule has 2 aromatic carbocycles. The van der Waals surface area contributed by atoms with Gasteiger partial charge < -0.3 is 5.32 Å². The van der Waals surface area contributed by atoms with Gasteiger partial charge in [-0.2, -0.15) is 0 Å². The number of rotatable bonds is 3. The van der Waals surface area contributed by atoms with E-state index in [0.717, 1.165) is 11.1 Å². The fourth-order valence-electron chi connectivity index (χ4n) is 2.08. The van der Waals surface area contributed by atoms with Crippen LogP contribution < -0.4 is 5.32 Å². The van der Waals surface area contributed by atoms with Crippen LogP contribution in [0.15, 0.2) is 36.4 Å². The van der Waals surface area contributed by atoms with E-state index in [0.29, 0.717) is 10.6 Å². The van der Waals surface area contributed by atoms with Crippen LogP contribution in [0.25, 0.3) is 0 Å². The predicted octanol–water partition coefficient (Wildman–Crippen LogP) is 4.24. The second-order valence-corrected chi connectivity index (χ2v) is 4.80. The summed E-state index contributed by atoms with van der Waals surface area (Å²) in [5.41, 5.74) is 2.21. The van der Waals surface area contributed by atoms with Crippen molar-refractivity contribution >= 4 is 11.6 Å². The van der Waals surface area contributed by atoms with E-state index in [9.17, 15) is 8.78 Å². The van der Waals surface area contributed by atoms with Gasteiger partial charge in [0.25, 0.3) is 0 Å². The first-order valence-electron chi connectivity index (χ1n) is 5.91. The molecule has 0 saturated carbocycles. The van der Waals surface area contributed by atoms with Crippen molar-refractivity contribution in [3.63, 3.8) is 0 Å². The van der Waals surface area contributed by atoms with Gasteiger partial charge in [-0.15, -0.1) is 0 Å². The Labute approximate surface area is 116 Å². The summed E-state index contributed by atoms with van der Waals surface area (Å²) in [6.45, 7) is 1.71. The fraction of sp³-hybridized carbons (Fsp3) is 0.200. The summed E-state index contributed by atoms with van der Waals surface area (Å²) in [7, 11) is 1.78. The molecular formula is C15H14ClF2N. The Kier molecular flexibility index (Phi) is 4.17. The van der Waals surface area contributed by atoms with Crippen molar-refractivity contribution in [3.05, 3.63) is 69.7 Å². The number of nitrogens with one attached hydrogen (secondary N) is 1. The highest BCUT2D eigenvalue weighted by molar-refractivity contribution is 6.31. The Hall–Kier alpha value is -1.45. The van der Waals surface area contributed by atoms with Crippen LogP contribution in [-0.4, -0.2) is 7.05 Å². The van der Waals surface area contributed by atoms with E-state index >= 15 is 0 Å². The topological polar surface area (TPSA) is 12.0 Å². The molecule has 0 aliphatic heterocycles. The number of hydrogen-bond acceptors (Lipinski definition) is 1. The molecule has 0 heterocycles. The molecule has 4 heteroatoms. The summed E-state index contributed by atoms with van der Waals surface area (Å²) in [6.07, 6.45) is 0. The standard InChI is InChI=1S/C15H14ClF2N/c1-9-7-10(3-6-14(9)18)15(19-2)12-5-4-11(17)8-13(12)16/h3-8,15,19H,1-2H3. The van der Waals surface area contributed by atoms with E-state index in [1.807, 2.05) is 0 Å². The molecule has 0 bridgehead atoms. The van der Waals surface area contributed by atoms with Gasteiger partial charge in [-0.25, -0.2) is 8.78 Å². The average molecular weight is 282 g/mol. The summed E-state index contributed by atoms with van der Waals surface area (Å²) in [4.78, 5) is 0. The summed E-state index contributed by atoms with van der Waals surface area (Å²) in [5, 5.41) is 3.46. The van der Waals surface area contributed by atoms with Gasteiger partial charge in [0.15, 0.2) is 0 Å². The van der Waals surface area contributed by atoms with Crippen molar-refractivity contribution in [3.8, 4) is 0 Å². The zero-order chi connectivity index (χ0) is 14.0. The number of halogens is 3. The van der Waals surface area contributed by atoms with Crippen LogP contribution in [0.3, 0.4) is 0 Å². The summed E-state index contributed by atoms with van der Waals surface area (Å²) >= 11 is 6.07. The lowest BCUT2D eigenvalue weighted by Crippen LogP contribution is -2.18. The third kappa shape index (κ3) is 2.94. The minimum Gasteiger partial charge on any atom is -0.309 e. The second-order valence-electron chi connectivity index (χ2n) is 4.40. The first-order valence-corrected chi connectivity index (χ1v) is 6.29. The Bertz CT molecular complexity index is 599. The van der Waals surface area contributed by atoms with Crippen LogP contribution in [0.4, 0.5) is 8.78 Å². The number of benzene rings is 2. The summed E-state index contributed by atoms with van der Waals surface area (Å²) < 4.78 is 26.4. The maximum Gasteiger partial charge on any atom is 0.126 e. The quantitative estimate of drug-likeness (QED) is 0.887. The number of hydrogen-bond donors (Lipinski definition) is 1. The molecule has 0 aromatic heterocycles. The van der Waals surface area contributed by atoms with Gasteiger partial charge in [-0.1, -0.05) is 29.8 Å². The molecule has 0 amide bonds. The van der Waals surface area contributed by atoms with Gasteiger partial charge in [0.2, 0.25) is 0 Å².